The number of fused-ring (bicyclic) bond motifs is 2. The maximum atomic E-state index is 13.9. The van der Waals surface area contributed by atoms with Gasteiger partial charge < -0.3 is 5.11 Å². The summed E-state index contributed by atoms with van der Waals surface area (Å²) in [5.41, 5.74) is 4.99. The number of rotatable bonds is 6. The summed E-state index contributed by atoms with van der Waals surface area (Å²) in [5.74, 6) is -0.740. The highest BCUT2D eigenvalue weighted by Gasteiger charge is 2.28. The number of carboxylic acids is 1. The lowest BCUT2D eigenvalue weighted by Crippen LogP contribution is -2.32. The lowest BCUT2D eigenvalue weighted by Gasteiger charge is -2.26. The third kappa shape index (κ3) is 4.51. The van der Waals surface area contributed by atoms with Crippen LogP contribution in [-0.2, 0) is 29.4 Å². The summed E-state index contributed by atoms with van der Waals surface area (Å²) in [6, 6.07) is 21.1. The molecule has 1 aliphatic carbocycles. The summed E-state index contributed by atoms with van der Waals surface area (Å²) in [5, 5.41) is 10.2. The van der Waals surface area contributed by atoms with Crippen LogP contribution in [-0.4, -0.2) is 24.5 Å². The molecule has 0 saturated carbocycles. The number of pyridine rings is 1. The number of para-hydroxylation sites is 1. The van der Waals surface area contributed by atoms with Crippen molar-refractivity contribution in [3.8, 4) is 0 Å². The van der Waals surface area contributed by atoms with Crippen LogP contribution < -0.4 is 4.31 Å². The van der Waals surface area contributed by atoms with Crippen molar-refractivity contribution in [2.45, 2.75) is 44.0 Å². The van der Waals surface area contributed by atoms with Gasteiger partial charge >= 0.3 is 5.97 Å². The summed E-state index contributed by atoms with van der Waals surface area (Å²) < 4.78 is 29.2. The molecule has 3 aromatic carbocycles. The highest BCUT2D eigenvalue weighted by molar-refractivity contribution is 7.92. The van der Waals surface area contributed by atoms with Crippen LogP contribution in [0.3, 0.4) is 0 Å². The maximum absolute atomic E-state index is 13.9. The van der Waals surface area contributed by atoms with Gasteiger partial charge in [-0.25, -0.2) is 22.5 Å². The monoisotopic (exact) mass is 486 g/mol. The first kappa shape index (κ1) is 23.1. The van der Waals surface area contributed by atoms with Crippen LogP contribution >= 0.6 is 0 Å². The van der Waals surface area contributed by atoms with Gasteiger partial charge in [0, 0.05) is 5.39 Å². The van der Waals surface area contributed by atoms with Crippen molar-refractivity contribution < 1.29 is 18.3 Å². The smallest absolute Gasteiger partial charge is 0.335 e. The molecule has 0 radical (unpaired) electrons. The van der Waals surface area contributed by atoms with Gasteiger partial charge in [0.25, 0.3) is 10.0 Å². The van der Waals surface area contributed by atoms with E-state index in [4.69, 9.17) is 4.98 Å². The molecule has 0 spiro atoms. The van der Waals surface area contributed by atoms with Gasteiger partial charge in [0.2, 0.25) is 0 Å². The quantitative estimate of drug-likeness (QED) is 0.388. The standard InChI is InChI=1S/C28H26N2O4S/c1-19-16-24-8-4-5-9-26(24)29-27(19)30(18-20-10-11-21-6-2-3-7-23(21)17-20)35(33,34)25-14-12-22(13-15-25)28(31)32/h4-5,8-17H,2-3,6-7,18H2,1H3,(H,31,32). The van der Waals surface area contributed by atoms with Crippen LogP contribution in [0.2, 0.25) is 0 Å². The summed E-state index contributed by atoms with van der Waals surface area (Å²) in [6.45, 7) is 1.99. The average molecular weight is 487 g/mol. The van der Waals surface area contributed by atoms with Crippen LogP contribution in [0.5, 0.6) is 0 Å². The van der Waals surface area contributed by atoms with Gasteiger partial charge in [-0.2, -0.15) is 0 Å². The number of carboxylic acid groups (broad SMARTS) is 1. The Labute approximate surface area is 204 Å². The predicted molar refractivity (Wildman–Crippen MR) is 136 cm³/mol. The van der Waals surface area contributed by atoms with E-state index in [1.54, 1.807) is 0 Å². The van der Waals surface area contributed by atoms with E-state index in [1.807, 2.05) is 43.3 Å². The van der Waals surface area contributed by atoms with E-state index in [0.29, 0.717) is 11.3 Å². The Kier molecular flexibility index (Phi) is 6.03. The Balaban J connectivity index is 1.63. The van der Waals surface area contributed by atoms with Gasteiger partial charge in [-0.05, 0) is 91.3 Å². The van der Waals surface area contributed by atoms with Crippen molar-refractivity contribution in [3.63, 3.8) is 0 Å². The molecule has 7 heteroatoms. The molecule has 0 amide bonds. The predicted octanol–water partition coefficient (Wildman–Crippen LogP) is 5.52. The number of hydrogen-bond acceptors (Lipinski definition) is 4. The highest BCUT2D eigenvalue weighted by atomic mass is 32.2. The van der Waals surface area contributed by atoms with Gasteiger partial charge in [0.1, 0.15) is 5.82 Å². The van der Waals surface area contributed by atoms with Crippen molar-refractivity contribution >= 4 is 32.7 Å². The van der Waals surface area contributed by atoms with Crippen molar-refractivity contribution in [3.05, 3.63) is 101 Å². The van der Waals surface area contributed by atoms with E-state index in [9.17, 15) is 18.3 Å². The normalized spacial score (nSPS) is 13.4. The minimum absolute atomic E-state index is 0.0230. The third-order valence-corrected chi connectivity index (χ3v) is 8.30. The Hall–Kier alpha value is -3.71. The first-order valence-electron chi connectivity index (χ1n) is 11.7. The number of anilines is 1. The molecule has 6 nitrogen and oxygen atoms in total. The lowest BCUT2D eigenvalue weighted by atomic mass is 9.90. The van der Waals surface area contributed by atoms with Crippen LogP contribution in [0, 0.1) is 6.92 Å². The zero-order valence-electron chi connectivity index (χ0n) is 19.4. The second-order valence-corrected chi connectivity index (χ2v) is 10.8. The number of nitrogens with zero attached hydrogens (tertiary/aromatic N) is 2. The molecule has 0 atom stereocenters. The molecule has 1 aromatic heterocycles. The average Bonchev–Trinajstić information content (AvgIpc) is 2.87. The van der Waals surface area contributed by atoms with Crippen LogP contribution in [0.15, 0.2) is 77.7 Å². The lowest BCUT2D eigenvalue weighted by molar-refractivity contribution is 0.0696. The molecule has 0 unspecified atom stereocenters. The largest absolute Gasteiger partial charge is 0.478 e. The summed E-state index contributed by atoms with van der Waals surface area (Å²) >= 11 is 0. The second-order valence-electron chi connectivity index (χ2n) is 8.97. The summed E-state index contributed by atoms with van der Waals surface area (Å²) in [6.07, 6.45) is 4.37. The zero-order chi connectivity index (χ0) is 24.6. The molecule has 0 fully saturated rings. The molecular weight excluding hydrogens is 460 g/mol. The topological polar surface area (TPSA) is 87.6 Å². The van der Waals surface area contributed by atoms with E-state index in [-0.39, 0.29) is 17.0 Å². The molecule has 1 heterocycles. The minimum Gasteiger partial charge on any atom is -0.478 e. The van der Waals surface area contributed by atoms with Gasteiger partial charge in [-0.1, -0.05) is 36.4 Å². The number of hydrogen-bond donors (Lipinski definition) is 1. The van der Waals surface area contributed by atoms with Gasteiger partial charge in [-0.3, -0.25) is 0 Å². The minimum atomic E-state index is -4.03. The zero-order valence-corrected chi connectivity index (χ0v) is 20.3. The second kappa shape index (κ2) is 9.15. The maximum Gasteiger partial charge on any atom is 0.335 e. The molecule has 35 heavy (non-hydrogen) atoms. The fourth-order valence-electron chi connectivity index (χ4n) is 4.69. The number of benzene rings is 3. The number of aromatic carboxylic acids is 1. The molecular formula is C28H26N2O4S. The van der Waals surface area contributed by atoms with Crippen molar-refractivity contribution in [2.24, 2.45) is 0 Å². The Morgan fingerprint density at radius 2 is 1.66 bits per heavy atom. The van der Waals surface area contributed by atoms with E-state index < -0.39 is 16.0 Å². The summed E-state index contributed by atoms with van der Waals surface area (Å²) in [7, 11) is -4.03. The van der Waals surface area contributed by atoms with Crippen molar-refractivity contribution in [1.82, 2.24) is 4.98 Å². The molecule has 0 aliphatic heterocycles. The number of sulfonamides is 1. The highest BCUT2D eigenvalue weighted by Crippen LogP contribution is 2.31. The van der Waals surface area contributed by atoms with Crippen LogP contribution in [0.1, 0.15) is 45.5 Å². The Morgan fingerprint density at radius 1 is 0.943 bits per heavy atom. The van der Waals surface area contributed by atoms with Crippen molar-refractivity contribution in [1.29, 1.82) is 0 Å². The van der Waals surface area contributed by atoms with E-state index in [0.717, 1.165) is 35.8 Å². The first-order valence-corrected chi connectivity index (χ1v) is 13.1. The Bertz CT molecular complexity index is 1530. The van der Waals surface area contributed by atoms with Crippen molar-refractivity contribution in [2.75, 3.05) is 4.31 Å². The molecule has 0 saturated heterocycles. The van der Waals surface area contributed by atoms with E-state index >= 15 is 0 Å². The molecule has 178 valence electrons. The van der Waals surface area contributed by atoms with E-state index in [1.165, 1.54) is 46.1 Å². The Morgan fingerprint density at radius 3 is 2.40 bits per heavy atom. The van der Waals surface area contributed by atoms with Gasteiger partial charge in [0.15, 0.2) is 0 Å². The third-order valence-electron chi connectivity index (χ3n) is 6.55. The summed E-state index contributed by atoms with van der Waals surface area (Å²) in [4.78, 5) is 16.0. The fourth-order valence-corrected chi connectivity index (χ4v) is 6.15. The number of aryl methyl sites for hydroxylation is 3. The molecule has 4 aromatic rings. The first-order chi connectivity index (χ1) is 16.8. The fraction of sp³-hybridized carbons (Fsp3) is 0.214. The molecule has 5 rings (SSSR count). The van der Waals surface area contributed by atoms with Crippen LogP contribution in [0.4, 0.5) is 5.82 Å². The SMILES string of the molecule is Cc1cc2ccccc2nc1N(Cc1ccc2c(c1)CCCC2)S(=O)(=O)c1ccc(C(=O)O)cc1. The van der Waals surface area contributed by atoms with Crippen LogP contribution in [0.25, 0.3) is 10.9 Å². The van der Waals surface area contributed by atoms with Gasteiger partial charge in [0.05, 0.1) is 22.5 Å². The number of aromatic nitrogens is 1. The van der Waals surface area contributed by atoms with E-state index in [2.05, 4.69) is 12.1 Å². The molecule has 1 N–H and O–H groups in total. The molecule has 0 bridgehead atoms. The molecule has 1 aliphatic rings. The van der Waals surface area contributed by atoms with Gasteiger partial charge in [-0.15, -0.1) is 0 Å². The number of carbonyl (C=O) groups is 1.